The van der Waals surface area contributed by atoms with Crippen molar-refractivity contribution in [2.45, 2.75) is 26.8 Å². The van der Waals surface area contributed by atoms with Crippen molar-refractivity contribution in [2.24, 2.45) is 11.7 Å². The first kappa shape index (κ1) is 19.3. The van der Waals surface area contributed by atoms with Crippen LogP contribution in [-0.4, -0.2) is 16.9 Å². The molecular weight excluding hydrogens is 363 g/mol. The Balaban J connectivity index is 1.84. The summed E-state index contributed by atoms with van der Waals surface area (Å²) in [5.41, 5.74) is 6.97. The minimum absolute atomic E-state index is 0.00785. The number of hydrogen-bond acceptors (Lipinski definition) is 4. The molecule has 0 fully saturated rings. The molecule has 0 spiro atoms. The van der Waals surface area contributed by atoms with Crippen LogP contribution in [0.1, 0.15) is 41.7 Å². The molecule has 7 nitrogen and oxygen atoms in total. The summed E-state index contributed by atoms with van der Waals surface area (Å²) < 4.78 is 19.5. The first-order valence-corrected chi connectivity index (χ1v) is 8.78. The third-order valence-corrected chi connectivity index (χ3v) is 4.44. The smallest absolute Gasteiger partial charge is 0.319 e. The number of aromatic nitrogens is 1. The van der Waals surface area contributed by atoms with Gasteiger partial charge >= 0.3 is 6.03 Å². The molecule has 0 aliphatic carbocycles. The van der Waals surface area contributed by atoms with E-state index in [1.165, 1.54) is 24.4 Å². The van der Waals surface area contributed by atoms with Crippen LogP contribution < -0.4 is 16.4 Å². The number of amides is 3. The zero-order valence-electron chi connectivity index (χ0n) is 15.7. The van der Waals surface area contributed by atoms with Crippen LogP contribution in [0.5, 0.6) is 0 Å². The van der Waals surface area contributed by atoms with Crippen LogP contribution in [0.15, 0.2) is 40.9 Å². The number of urea groups is 1. The molecule has 3 aromatic rings. The van der Waals surface area contributed by atoms with Gasteiger partial charge in [0.2, 0.25) is 0 Å². The third-order valence-electron chi connectivity index (χ3n) is 4.44. The maximum absolute atomic E-state index is 13.6. The largest absolute Gasteiger partial charge is 0.459 e. The number of carbonyl (C=O) groups excluding carboxylic acids is 2. The molecule has 0 unspecified atom stereocenters. The Labute approximate surface area is 161 Å². The van der Waals surface area contributed by atoms with E-state index in [9.17, 15) is 14.0 Å². The third kappa shape index (κ3) is 3.95. The molecule has 3 amide bonds. The van der Waals surface area contributed by atoms with E-state index in [2.05, 4.69) is 15.6 Å². The molecular formula is C20H21FN4O3. The molecule has 8 heteroatoms. The van der Waals surface area contributed by atoms with E-state index in [1.807, 2.05) is 20.8 Å². The molecule has 2 aromatic heterocycles. The monoisotopic (exact) mass is 384 g/mol. The van der Waals surface area contributed by atoms with E-state index < -0.39 is 18.0 Å². The van der Waals surface area contributed by atoms with Gasteiger partial charge in [0.15, 0.2) is 0 Å². The molecule has 146 valence electrons. The minimum Gasteiger partial charge on any atom is -0.459 e. The number of pyridine rings is 1. The van der Waals surface area contributed by atoms with E-state index >= 15 is 0 Å². The number of nitrogens with zero attached hydrogens (tertiary/aromatic N) is 1. The lowest BCUT2D eigenvalue weighted by Crippen LogP contribution is -2.35. The van der Waals surface area contributed by atoms with E-state index in [0.29, 0.717) is 22.4 Å². The normalized spacial score (nSPS) is 12.2. The quantitative estimate of drug-likeness (QED) is 0.620. The standard InChI is InChI=1S/C20H21FN4O3/c1-10(2)17(18-11(3)14-8-12(21)4-5-16(14)28-18)25-20(27)24-13-6-7-23-15(9-13)19(22)26/h4-10,17H,1-3H3,(H2,22,26)(H2,23,24,25,27)/t17-/m0/s1. The van der Waals surface area contributed by atoms with Crippen molar-refractivity contribution in [2.75, 3.05) is 5.32 Å². The second-order valence-corrected chi connectivity index (χ2v) is 6.85. The second-order valence-electron chi connectivity index (χ2n) is 6.85. The van der Waals surface area contributed by atoms with Gasteiger partial charge < -0.3 is 20.8 Å². The lowest BCUT2D eigenvalue weighted by atomic mass is 9.98. The first-order chi connectivity index (χ1) is 13.3. The van der Waals surface area contributed by atoms with Gasteiger partial charge in [-0.2, -0.15) is 0 Å². The van der Waals surface area contributed by atoms with Crippen molar-refractivity contribution in [1.82, 2.24) is 10.3 Å². The number of anilines is 1. The average molecular weight is 384 g/mol. The predicted molar refractivity (Wildman–Crippen MR) is 103 cm³/mol. The number of rotatable bonds is 5. The summed E-state index contributed by atoms with van der Waals surface area (Å²) in [6, 6.07) is 6.34. The van der Waals surface area contributed by atoms with Gasteiger partial charge in [-0.05, 0) is 43.2 Å². The summed E-state index contributed by atoms with van der Waals surface area (Å²) in [5.74, 6) is -0.460. The number of furan rings is 1. The van der Waals surface area contributed by atoms with Gasteiger partial charge in [0.25, 0.3) is 5.91 Å². The van der Waals surface area contributed by atoms with Crippen LogP contribution in [0, 0.1) is 18.7 Å². The highest BCUT2D eigenvalue weighted by Crippen LogP contribution is 2.33. The molecule has 1 aromatic carbocycles. The van der Waals surface area contributed by atoms with Crippen molar-refractivity contribution in [3.63, 3.8) is 0 Å². The number of carbonyl (C=O) groups is 2. The number of nitrogens with one attached hydrogen (secondary N) is 2. The summed E-state index contributed by atoms with van der Waals surface area (Å²) in [6.07, 6.45) is 1.38. The van der Waals surface area contributed by atoms with Crippen LogP contribution in [0.25, 0.3) is 11.0 Å². The lowest BCUT2D eigenvalue weighted by Gasteiger charge is -2.21. The average Bonchev–Trinajstić information content (AvgIpc) is 2.95. The van der Waals surface area contributed by atoms with Gasteiger partial charge in [-0.1, -0.05) is 13.8 Å². The van der Waals surface area contributed by atoms with E-state index in [1.54, 1.807) is 12.1 Å². The van der Waals surface area contributed by atoms with Crippen molar-refractivity contribution >= 4 is 28.6 Å². The fraction of sp³-hybridized carbons (Fsp3) is 0.250. The molecule has 0 saturated carbocycles. The van der Waals surface area contributed by atoms with Crippen LogP contribution in [-0.2, 0) is 0 Å². The van der Waals surface area contributed by atoms with Crippen LogP contribution in [0.3, 0.4) is 0 Å². The highest BCUT2D eigenvalue weighted by atomic mass is 19.1. The van der Waals surface area contributed by atoms with Gasteiger partial charge in [0.05, 0.1) is 6.04 Å². The number of hydrogen-bond donors (Lipinski definition) is 3. The summed E-state index contributed by atoms with van der Waals surface area (Å²) in [6.45, 7) is 5.71. The lowest BCUT2D eigenvalue weighted by molar-refractivity contribution is 0.0995. The number of fused-ring (bicyclic) bond motifs is 1. The number of aryl methyl sites for hydroxylation is 1. The van der Waals surface area contributed by atoms with E-state index in [0.717, 1.165) is 5.56 Å². The van der Waals surface area contributed by atoms with Crippen molar-refractivity contribution < 1.29 is 18.4 Å². The van der Waals surface area contributed by atoms with Crippen LogP contribution >= 0.6 is 0 Å². The summed E-state index contributed by atoms with van der Waals surface area (Å²) in [4.78, 5) is 27.6. The Morgan fingerprint density at radius 2 is 1.96 bits per heavy atom. The molecule has 1 atom stereocenters. The number of benzene rings is 1. The van der Waals surface area contributed by atoms with Crippen molar-refractivity contribution in [1.29, 1.82) is 0 Å². The molecule has 4 N–H and O–H groups in total. The molecule has 0 aliphatic rings. The van der Waals surface area contributed by atoms with Crippen molar-refractivity contribution in [3.05, 3.63) is 59.4 Å². The van der Waals surface area contributed by atoms with Gasteiger partial charge in [-0.15, -0.1) is 0 Å². The van der Waals surface area contributed by atoms with Gasteiger partial charge in [0.1, 0.15) is 22.9 Å². The van der Waals surface area contributed by atoms with Crippen molar-refractivity contribution in [3.8, 4) is 0 Å². The zero-order chi connectivity index (χ0) is 20.4. The zero-order valence-corrected chi connectivity index (χ0v) is 15.7. The summed E-state index contributed by atoms with van der Waals surface area (Å²) in [7, 11) is 0. The fourth-order valence-electron chi connectivity index (χ4n) is 3.00. The molecule has 0 bridgehead atoms. The molecule has 2 heterocycles. The topological polar surface area (TPSA) is 110 Å². The second kappa shape index (κ2) is 7.67. The van der Waals surface area contributed by atoms with Gasteiger partial charge in [0, 0.05) is 22.8 Å². The Morgan fingerprint density at radius 3 is 2.64 bits per heavy atom. The SMILES string of the molecule is Cc1c([C@@H](NC(=O)Nc2ccnc(C(N)=O)c2)C(C)C)oc2ccc(F)cc12. The van der Waals surface area contributed by atoms with Crippen LogP contribution in [0.4, 0.5) is 14.9 Å². The Hall–Kier alpha value is -3.42. The summed E-state index contributed by atoms with van der Waals surface area (Å²) in [5, 5.41) is 6.20. The Morgan fingerprint density at radius 1 is 1.21 bits per heavy atom. The highest BCUT2D eigenvalue weighted by Gasteiger charge is 2.25. The van der Waals surface area contributed by atoms with E-state index in [-0.39, 0.29) is 17.4 Å². The maximum Gasteiger partial charge on any atom is 0.319 e. The highest BCUT2D eigenvalue weighted by molar-refractivity contribution is 5.94. The van der Waals surface area contributed by atoms with Gasteiger partial charge in [-0.3, -0.25) is 9.78 Å². The number of primary amides is 1. The first-order valence-electron chi connectivity index (χ1n) is 8.78. The molecule has 0 radical (unpaired) electrons. The molecule has 0 saturated heterocycles. The maximum atomic E-state index is 13.6. The van der Waals surface area contributed by atoms with E-state index in [4.69, 9.17) is 10.2 Å². The van der Waals surface area contributed by atoms with Crippen LogP contribution in [0.2, 0.25) is 0 Å². The molecule has 28 heavy (non-hydrogen) atoms. The number of halogens is 1. The molecule has 3 rings (SSSR count). The molecule has 0 aliphatic heterocycles. The van der Waals surface area contributed by atoms with Gasteiger partial charge in [-0.25, -0.2) is 9.18 Å². The predicted octanol–water partition coefficient (Wildman–Crippen LogP) is 3.89. The fourth-order valence-corrected chi connectivity index (χ4v) is 3.00. The Kier molecular flexibility index (Phi) is 5.30. The minimum atomic E-state index is -0.686. The summed E-state index contributed by atoms with van der Waals surface area (Å²) >= 11 is 0. The number of nitrogens with two attached hydrogens (primary N) is 1. The Bertz CT molecular complexity index is 1050.